The van der Waals surface area contributed by atoms with Gasteiger partial charge < -0.3 is 9.32 Å². The van der Waals surface area contributed by atoms with Crippen LogP contribution in [-0.2, 0) is 5.41 Å². The number of fused-ring (bicyclic) bond motifs is 9. The van der Waals surface area contributed by atoms with Crippen molar-refractivity contribution in [3.05, 3.63) is 175 Å². The van der Waals surface area contributed by atoms with E-state index in [0.717, 1.165) is 33.3 Å². The van der Waals surface area contributed by atoms with E-state index in [1.807, 2.05) is 6.07 Å². The molecule has 0 amide bonds. The number of rotatable bonds is 4. The van der Waals surface area contributed by atoms with Crippen LogP contribution in [0.1, 0.15) is 25.0 Å². The van der Waals surface area contributed by atoms with Crippen LogP contribution in [0.3, 0.4) is 0 Å². The average molecular weight is 628 g/mol. The molecule has 1 aliphatic carbocycles. The minimum absolute atomic E-state index is 0.165. The number of hydrogen-bond donors (Lipinski definition) is 0. The number of nitrogens with zero attached hydrogens (tertiary/aromatic N) is 1. The van der Waals surface area contributed by atoms with Crippen LogP contribution in [0, 0.1) is 0 Å². The minimum atomic E-state index is -0.165. The molecule has 1 heterocycles. The van der Waals surface area contributed by atoms with Crippen molar-refractivity contribution >= 4 is 60.5 Å². The Morgan fingerprint density at radius 2 is 1.16 bits per heavy atom. The zero-order valence-corrected chi connectivity index (χ0v) is 27.4. The first-order valence-electron chi connectivity index (χ1n) is 17.0. The maximum atomic E-state index is 6.45. The van der Waals surface area contributed by atoms with Crippen molar-refractivity contribution in [3.8, 4) is 22.3 Å². The Kier molecular flexibility index (Phi) is 5.95. The molecule has 0 spiro atoms. The Bertz CT molecular complexity index is 2750. The lowest BCUT2D eigenvalue weighted by Crippen LogP contribution is -2.17. The highest BCUT2D eigenvalue weighted by atomic mass is 16.3. The van der Waals surface area contributed by atoms with Crippen molar-refractivity contribution in [2.24, 2.45) is 0 Å². The van der Waals surface area contributed by atoms with E-state index in [1.54, 1.807) is 0 Å². The fraction of sp³-hybridized carbons (Fsp3) is 0.0638. The molecule has 1 aromatic heterocycles. The molecule has 0 atom stereocenters. The summed E-state index contributed by atoms with van der Waals surface area (Å²) in [6.07, 6.45) is 0. The number of hydrogen-bond acceptors (Lipinski definition) is 2. The molecule has 0 radical (unpaired) electrons. The molecule has 2 nitrogen and oxygen atoms in total. The number of furan rings is 1. The zero-order valence-electron chi connectivity index (χ0n) is 27.4. The summed E-state index contributed by atoms with van der Waals surface area (Å²) in [6, 6.07) is 59.4. The quantitative estimate of drug-likeness (QED) is 0.193. The van der Waals surface area contributed by atoms with E-state index < -0.39 is 0 Å². The summed E-state index contributed by atoms with van der Waals surface area (Å²) >= 11 is 0. The van der Waals surface area contributed by atoms with Crippen LogP contribution in [-0.4, -0.2) is 0 Å². The fourth-order valence-corrected chi connectivity index (χ4v) is 8.33. The fourth-order valence-electron chi connectivity index (χ4n) is 8.33. The Labute approximate surface area is 285 Å². The van der Waals surface area contributed by atoms with Gasteiger partial charge in [-0.1, -0.05) is 135 Å². The summed E-state index contributed by atoms with van der Waals surface area (Å²) in [5.74, 6) is 0. The largest absolute Gasteiger partial charge is 0.456 e. The van der Waals surface area contributed by atoms with Crippen LogP contribution in [0.4, 0.5) is 17.1 Å². The summed E-state index contributed by atoms with van der Waals surface area (Å²) in [6.45, 7) is 4.75. The van der Waals surface area contributed by atoms with Crippen LogP contribution in [0.15, 0.2) is 168 Å². The van der Waals surface area contributed by atoms with Gasteiger partial charge in [-0.25, -0.2) is 0 Å². The standard InChI is InChI=1S/C47H33NO/c1-47(2)39-18-9-7-16-37(39)45-41(29-34-14-5-6-15-36(34)46(45)47)48(40-19-11-21-43-44(40)38-17-8-10-20-42(38)49-43)35-26-24-31(25-27-35)33-23-22-30-12-3-4-13-32(30)28-33/h3-29H,1-2H3. The van der Waals surface area contributed by atoms with Gasteiger partial charge in [0, 0.05) is 22.1 Å². The number of benzene rings is 8. The van der Waals surface area contributed by atoms with Crippen LogP contribution in [0.25, 0.3) is 65.7 Å². The van der Waals surface area contributed by atoms with E-state index >= 15 is 0 Å². The highest BCUT2D eigenvalue weighted by molar-refractivity contribution is 6.15. The second-order valence-corrected chi connectivity index (χ2v) is 13.7. The van der Waals surface area contributed by atoms with Gasteiger partial charge in [-0.2, -0.15) is 0 Å². The molecule has 2 heteroatoms. The molecule has 0 aliphatic heterocycles. The van der Waals surface area contributed by atoms with Gasteiger partial charge in [0.1, 0.15) is 11.2 Å². The molecule has 1 aliphatic rings. The molecule has 0 bridgehead atoms. The predicted octanol–water partition coefficient (Wildman–Crippen LogP) is 13.3. The maximum Gasteiger partial charge on any atom is 0.137 e. The smallest absolute Gasteiger partial charge is 0.137 e. The van der Waals surface area contributed by atoms with Crippen molar-refractivity contribution in [1.29, 1.82) is 0 Å². The SMILES string of the molecule is CC1(C)c2ccccc2-c2c(N(c3ccc(-c4ccc5ccccc5c4)cc3)c3cccc4oc5ccccc5c34)cc3ccccc3c21. The van der Waals surface area contributed by atoms with Crippen molar-refractivity contribution in [1.82, 2.24) is 0 Å². The second kappa shape index (κ2) is 10.4. The Morgan fingerprint density at radius 3 is 2.02 bits per heavy atom. The van der Waals surface area contributed by atoms with Gasteiger partial charge >= 0.3 is 0 Å². The summed E-state index contributed by atoms with van der Waals surface area (Å²) < 4.78 is 6.45. The van der Waals surface area contributed by atoms with Crippen LogP contribution in [0.2, 0.25) is 0 Å². The molecule has 232 valence electrons. The Morgan fingerprint density at radius 1 is 0.490 bits per heavy atom. The van der Waals surface area contributed by atoms with E-state index in [-0.39, 0.29) is 5.41 Å². The number of anilines is 3. The first-order chi connectivity index (χ1) is 24.1. The third kappa shape index (κ3) is 4.14. The molecule has 0 unspecified atom stereocenters. The van der Waals surface area contributed by atoms with Crippen molar-refractivity contribution in [2.45, 2.75) is 19.3 Å². The zero-order chi connectivity index (χ0) is 32.7. The minimum Gasteiger partial charge on any atom is -0.456 e. The molecule has 0 N–H and O–H groups in total. The van der Waals surface area contributed by atoms with Gasteiger partial charge in [0.25, 0.3) is 0 Å². The second-order valence-electron chi connectivity index (χ2n) is 13.7. The van der Waals surface area contributed by atoms with Crippen LogP contribution in [0.5, 0.6) is 0 Å². The normalized spacial score (nSPS) is 13.3. The van der Waals surface area contributed by atoms with Gasteiger partial charge in [-0.15, -0.1) is 0 Å². The molecule has 49 heavy (non-hydrogen) atoms. The van der Waals surface area contributed by atoms with E-state index in [4.69, 9.17) is 4.42 Å². The highest BCUT2D eigenvalue weighted by Crippen LogP contribution is 2.57. The lowest BCUT2D eigenvalue weighted by molar-refractivity contribution is 0.666. The summed E-state index contributed by atoms with van der Waals surface area (Å²) in [5.41, 5.74) is 12.7. The molecule has 0 saturated carbocycles. The molecular formula is C47H33NO. The van der Waals surface area contributed by atoms with Crippen molar-refractivity contribution in [2.75, 3.05) is 4.90 Å². The third-order valence-electron chi connectivity index (χ3n) is 10.6. The molecule has 9 aromatic rings. The Balaban J connectivity index is 1.27. The summed E-state index contributed by atoms with van der Waals surface area (Å²) in [4.78, 5) is 2.47. The lowest BCUT2D eigenvalue weighted by Gasteiger charge is -2.30. The van der Waals surface area contributed by atoms with Crippen molar-refractivity contribution < 1.29 is 4.42 Å². The molecule has 8 aromatic carbocycles. The van der Waals surface area contributed by atoms with Gasteiger partial charge in [-0.05, 0) is 91.8 Å². The van der Waals surface area contributed by atoms with E-state index in [1.165, 1.54) is 60.6 Å². The maximum absolute atomic E-state index is 6.45. The van der Waals surface area contributed by atoms with Crippen molar-refractivity contribution in [3.63, 3.8) is 0 Å². The highest BCUT2D eigenvalue weighted by Gasteiger charge is 2.39. The first-order valence-corrected chi connectivity index (χ1v) is 17.0. The van der Waals surface area contributed by atoms with Gasteiger partial charge in [-0.3, -0.25) is 0 Å². The topological polar surface area (TPSA) is 16.4 Å². The monoisotopic (exact) mass is 627 g/mol. The van der Waals surface area contributed by atoms with Crippen LogP contribution < -0.4 is 4.90 Å². The first kappa shape index (κ1) is 27.9. The van der Waals surface area contributed by atoms with Gasteiger partial charge in [0.2, 0.25) is 0 Å². The molecule has 0 saturated heterocycles. The average Bonchev–Trinajstić information content (AvgIpc) is 3.65. The van der Waals surface area contributed by atoms with E-state index in [0.29, 0.717) is 0 Å². The van der Waals surface area contributed by atoms with E-state index in [2.05, 4.69) is 176 Å². The third-order valence-corrected chi connectivity index (χ3v) is 10.6. The lowest BCUT2D eigenvalue weighted by atomic mass is 9.80. The summed E-state index contributed by atoms with van der Waals surface area (Å²) in [5, 5.41) is 7.27. The molecule has 0 fully saturated rings. The number of para-hydroxylation sites is 1. The van der Waals surface area contributed by atoms with E-state index in [9.17, 15) is 0 Å². The van der Waals surface area contributed by atoms with Gasteiger partial charge in [0.15, 0.2) is 0 Å². The summed E-state index contributed by atoms with van der Waals surface area (Å²) in [7, 11) is 0. The molecule has 10 rings (SSSR count). The van der Waals surface area contributed by atoms with Crippen LogP contribution >= 0.6 is 0 Å². The Hall–Kier alpha value is -6.12. The predicted molar refractivity (Wildman–Crippen MR) is 206 cm³/mol. The van der Waals surface area contributed by atoms with Gasteiger partial charge in [0.05, 0.1) is 16.8 Å². The molecular weight excluding hydrogens is 595 g/mol.